The molecule has 0 aromatic heterocycles. The number of nitrogens with zero attached hydrogens (tertiary/aromatic N) is 1. The fourth-order valence-corrected chi connectivity index (χ4v) is 0.928. The van der Waals surface area contributed by atoms with Crippen molar-refractivity contribution in [1.82, 2.24) is 5.43 Å². The van der Waals surface area contributed by atoms with Crippen LogP contribution in [0.25, 0.3) is 0 Å². The van der Waals surface area contributed by atoms with E-state index in [9.17, 15) is 0 Å². The second kappa shape index (κ2) is 4.35. The van der Waals surface area contributed by atoms with Crippen molar-refractivity contribution in [2.45, 2.75) is 13.5 Å². The van der Waals surface area contributed by atoms with Gasteiger partial charge in [0.1, 0.15) is 0 Å². The Morgan fingerprint density at radius 1 is 1.31 bits per heavy atom. The van der Waals surface area contributed by atoms with Crippen molar-refractivity contribution in [1.29, 1.82) is 0 Å². The zero-order valence-electron chi connectivity index (χ0n) is 7.62. The highest BCUT2D eigenvalue weighted by Gasteiger charge is 1.89. The Labute approximate surface area is 77.6 Å². The number of hydrazone groups is 1. The second-order valence-electron chi connectivity index (χ2n) is 2.86. The van der Waals surface area contributed by atoms with Crippen LogP contribution in [0.4, 0.5) is 0 Å². The number of hydrogen-bond acceptors (Lipinski definition) is 2. The van der Waals surface area contributed by atoms with Gasteiger partial charge in [-0.3, -0.25) is 0 Å². The summed E-state index contributed by atoms with van der Waals surface area (Å²) in [6.07, 6.45) is 0. The molecule has 0 spiro atoms. The number of hydrogen-bond donors (Lipinski definition) is 3. The standard InChI is InChI=1S/C9H14N4/c1-7-2-4-8(5-3-7)6-12-13-9(10)11/h2-5,12H,6H2,1H3,(H4,10,11,13). The Kier molecular flexibility index (Phi) is 3.14. The van der Waals surface area contributed by atoms with Crippen molar-refractivity contribution in [3.05, 3.63) is 35.4 Å². The molecule has 1 rings (SSSR count). The molecule has 0 bridgehead atoms. The van der Waals surface area contributed by atoms with Crippen LogP contribution in [0.1, 0.15) is 11.1 Å². The molecule has 0 saturated heterocycles. The van der Waals surface area contributed by atoms with Crippen LogP contribution in [0.15, 0.2) is 29.4 Å². The average Bonchev–Trinajstić information content (AvgIpc) is 2.08. The highest BCUT2D eigenvalue weighted by Crippen LogP contribution is 2.01. The lowest BCUT2D eigenvalue weighted by molar-refractivity contribution is 0.740. The zero-order chi connectivity index (χ0) is 9.68. The van der Waals surface area contributed by atoms with Crippen molar-refractivity contribution in [3.8, 4) is 0 Å². The highest BCUT2D eigenvalue weighted by molar-refractivity contribution is 5.75. The minimum atomic E-state index is 0.0483. The molecule has 70 valence electrons. The minimum absolute atomic E-state index is 0.0483. The van der Waals surface area contributed by atoms with Crippen molar-refractivity contribution in [2.75, 3.05) is 0 Å². The van der Waals surface area contributed by atoms with E-state index in [0.29, 0.717) is 6.54 Å². The fourth-order valence-electron chi connectivity index (χ4n) is 0.928. The maximum atomic E-state index is 5.15. The normalized spacial score (nSPS) is 9.31. The summed E-state index contributed by atoms with van der Waals surface area (Å²) in [6.45, 7) is 2.69. The van der Waals surface area contributed by atoms with Gasteiger partial charge in [0.15, 0.2) is 0 Å². The third kappa shape index (κ3) is 3.46. The molecule has 0 unspecified atom stereocenters. The van der Waals surface area contributed by atoms with Crippen molar-refractivity contribution in [3.63, 3.8) is 0 Å². The van der Waals surface area contributed by atoms with Gasteiger partial charge in [-0.1, -0.05) is 29.8 Å². The summed E-state index contributed by atoms with van der Waals surface area (Å²) < 4.78 is 0. The predicted molar refractivity (Wildman–Crippen MR) is 53.8 cm³/mol. The number of nitrogens with one attached hydrogen (secondary N) is 1. The first-order chi connectivity index (χ1) is 6.18. The van der Waals surface area contributed by atoms with Crippen LogP contribution in [0.3, 0.4) is 0 Å². The Bertz CT molecular complexity index is 285. The lowest BCUT2D eigenvalue weighted by atomic mass is 10.1. The van der Waals surface area contributed by atoms with Gasteiger partial charge < -0.3 is 16.9 Å². The first kappa shape index (κ1) is 9.38. The molecule has 5 N–H and O–H groups in total. The number of aryl methyl sites for hydroxylation is 1. The molecule has 4 nitrogen and oxygen atoms in total. The molecule has 0 radical (unpaired) electrons. The number of guanidine groups is 1. The Morgan fingerprint density at radius 2 is 1.92 bits per heavy atom. The van der Waals surface area contributed by atoms with E-state index in [1.165, 1.54) is 5.56 Å². The Morgan fingerprint density at radius 3 is 2.46 bits per heavy atom. The summed E-state index contributed by atoms with van der Waals surface area (Å²) in [5.41, 5.74) is 15.4. The molecule has 0 heterocycles. The van der Waals surface area contributed by atoms with E-state index >= 15 is 0 Å². The van der Waals surface area contributed by atoms with Gasteiger partial charge in [-0.15, -0.1) is 5.10 Å². The van der Waals surface area contributed by atoms with Gasteiger partial charge in [-0.05, 0) is 12.5 Å². The van der Waals surface area contributed by atoms with E-state index in [2.05, 4.69) is 10.5 Å². The van der Waals surface area contributed by atoms with E-state index < -0.39 is 0 Å². The maximum absolute atomic E-state index is 5.15. The van der Waals surface area contributed by atoms with Gasteiger partial charge in [-0.25, -0.2) is 0 Å². The van der Waals surface area contributed by atoms with Gasteiger partial charge in [0.05, 0.1) is 6.54 Å². The van der Waals surface area contributed by atoms with Gasteiger partial charge in [0.2, 0.25) is 5.96 Å². The zero-order valence-corrected chi connectivity index (χ0v) is 7.62. The Balaban J connectivity index is 2.46. The number of benzene rings is 1. The van der Waals surface area contributed by atoms with E-state index in [1.807, 2.05) is 31.2 Å². The smallest absolute Gasteiger partial charge is 0.208 e. The highest BCUT2D eigenvalue weighted by atomic mass is 15.3. The summed E-state index contributed by atoms with van der Waals surface area (Å²) in [6, 6.07) is 8.16. The third-order valence-electron chi connectivity index (χ3n) is 1.61. The maximum Gasteiger partial charge on any atom is 0.208 e. The van der Waals surface area contributed by atoms with Crippen LogP contribution in [-0.4, -0.2) is 5.96 Å². The van der Waals surface area contributed by atoms with Gasteiger partial charge in [0, 0.05) is 0 Å². The quantitative estimate of drug-likeness (QED) is 0.353. The molecule has 0 atom stereocenters. The second-order valence-corrected chi connectivity index (χ2v) is 2.86. The topological polar surface area (TPSA) is 76.4 Å². The summed E-state index contributed by atoms with van der Waals surface area (Å²) in [4.78, 5) is 0. The summed E-state index contributed by atoms with van der Waals surface area (Å²) in [7, 11) is 0. The monoisotopic (exact) mass is 178 g/mol. The van der Waals surface area contributed by atoms with Crippen molar-refractivity contribution >= 4 is 5.96 Å². The van der Waals surface area contributed by atoms with Crippen molar-refractivity contribution < 1.29 is 0 Å². The summed E-state index contributed by atoms with van der Waals surface area (Å²) in [5, 5.41) is 3.66. The number of nitrogens with two attached hydrogens (primary N) is 2. The lowest BCUT2D eigenvalue weighted by Crippen LogP contribution is -2.26. The molecule has 0 aliphatic rings. The summed E-state index contributed by atoms with van der Waals surface area (Å²) >= 11 is 0. The van der Waals surface area contributed by atoms with Crippen LogP contribution in [0.2, 0.25) is 0 Å². The van der Waals surface area contributed by atoms with E-state index in [0.717, 1.165) is 5.56 Å². The lowest BCUT2D eigenvalue weighted by Gasteiger charge is -2.01. The molecular formula is C9H14N4. The van der Waals surface area contributed by atoms with E-state index in [-0.39, 0.29) is 5.96 Å². The fraction of sp³-hybridized carbons (Fsp3) is 0.222. The van der Waals surface area contributed by atoms with Crippen LogP contribution in [0, 0.1) is 6.92 Å². The molecular weight excluding hydrogens is 164 g/mol. The van der Waals surface area contributed by atoms with Crippen molar-refractivity contribution in [2.24, 2.45) is 16.6 Å². The molecule has 0 aliphatic carbocycles. The first-order valence-electron chi connectivity index (χ1n) is 4.05. The van der Waals surface area contributed by atoms with E-state index in [4.69, 9.17) is 11.5 Å². The predicted octanol–water partition coefficient (Wildman–Crippen LogP) is 0.273. The van der Waals surface area contributed by atoms with Gasteiger partial charge >= 0.3 is 0 Å². The van der Waals surface area contributed by atoms with Crippen LogP contribution >= 0.6 is 0 Å². The van der Waals surface area contributed by atoms with E-state index in [1.54, 1.807) is 0 Å². The molecule has 1 aromatic rings. The largest absolute Gasteiger partial charge is 0.369 e. The number of rotatable bonds is 3. The Hall–Kier alpha value is -1.71. The SMILES string of the molecule is Cc1ccc(CNN=C(N)N)cc1. The molecule has 0 aliphatic heterocycles. The molecule has 1 aromatic carbocycles. The average molecular weight is 178 g/mol. The molecule has 0 amide bonds. The van der Waals surface area contributed by atoms with Crippen LogP contribution in [-0.2, 0) is 6.54 Å². The molecule has 13 heavy (non-hydrogen) atoms. The molecule has 0 fully saturated rings. The van der Waals surface area contributed by atoms with Crippen LogP contribution in [0.5, 0.6) is 0 Å². The van der Waals surface area contributed by atoms with Crippen LogP contribution < -0.4 is 16.9 Å². The molecule has 4 heteroatoms. The van der Waals surface area contributed by atoms with Gasteiger partial charge in [0.25, 0.3) is 0 Å². The third-order valence-corrected chi connectivity index (χ3v) is 1.61. The first-order valence-corrected chi connectivity index (χ1v) is 4.05. The van der Waals surface area contributed by atoms with Gasteiger partial charge in [-0.2, -0.15) is 0 Å². The molecule has 0 saturated carbocycles. The minimum Gasteiger partial charge on any atom is -0.369 e. The summed E-state index contributed by atoms with van der Waals surface area (Å²) in [5.74, 6) is 0.0483.